The van der Waals surface area contributed by atoms with Crippen molar-refractivity contribution < 1.29 is 14.6 Å². The minimum Gasteiger partial charge on any atom is -0.508 e. The molecule has 0 aliphatic heterocycles. The highest BCUT2D eigenvalue weighted by molar-refractivity contribution is 6.03. The van der Waals surface area contributed by atoms with Gasteiger partial charge < -0.3 is 15.2 Å². The molecule has 1 amide bonds. The van der Waals surface area contributed by atoms with Gasteiger partial charge in [0.25, 0.3) is 5.91 Å². The maximum absolute atomic E-state index is 12.6. The van der Waals surface area contributed by atoms with Crippen LogP contribution in [-0.2, 0) is 5.41 Å². The number of hydrogen-bond donors (Lipinski definition) is 2. The number of nitrogens with one attached hydrogen (secondary N) is 1. The molecule has 4 rings (SSSR count). The van der Waals surface area contributed by atoms with Crippen molar-refractivity contribution >= 4 is 17.4 Å². The molecule has 4 aromatic rings. The first kappa shape index (κ1) is 19.4. The van der Waals surface area contributed by atoms with Gasteiger partial charge >= 0.3 is 0 Å². The third-order valence-electron chi connectivity index (χ3n) is 4.59. The number of phenols is 1. The Morgan fingerprint density at radius 1 is 1.07 bits per heavy atom. The van der Waals surface area contributed by atoms with Crippen molar-refractivity contribution in [3.63, 3.8) is 0 Å². The quantitative estimate of drug-likeness (QED) is 0.513. The van der Waals surface area contributed by atoms with Gasteiger partial charge in [-0.3, -0.25) is 4.79 Å². The number of phenolic OH excluding ortho intramolecular Hbond substituents is 1. The van der Waals surface area contributed by atoms with E-state index < -0.39 is 0 Å². The van der Waals surface area contributed by atoms with Crippen molar-refractivity contribution in [1.82, 2.24) is 14.6 Å². The smallest absolute Gasteiger partial charge is 0.256 e. The van der Waals surface area contributed by atoms with Gasteiger partial charge in [0, 0.05) is 17.7 Å². The summed E-state index contributed by atoms with van der Waals surface area (Å²) in [6.07, 6.45) is 1.62. The first-order valence-corrected chi connectivity index (χ1v) is 9.53. The lowest BCUT2D eigenvalue weighted by molar-refractivity contribution is 0.102. The van der Waals surface area contributed by atoms with E-state index in [2.05, 4.69) is 36.2 Å². The highest BCUT2D eigenvalue weighted by atomic mass is 16.5. The fourth-order valence-electron chi connectivity index (χ4n) is 2.96. The van der Waals surface area contributed by atoms with E-state index >= 15 is 0 Å². The van der Waals surface area contributed by atoms with Crippen LogP contribution in [0, 0.1) is 0 Å². The Morgan fingerprint density at radius 3 is 2.53 bits per heavy atom. The number of aromatic nitrogens is 3. The number of carbonyl (C=O) groups is 1. The summed E-state index contributed by atoms with van der Waals surface area (Å²) < 4.78 is 7.18. The van der Waals surface area contributed by atoms with Crippen LogP contribution in [0.4, 0.5) is 5.82 Å². The van der Waals surface area contributed by atoms with Crippen molar-refractivity contribution in [2.24, 2.45) is 0 Å². The molecule has 0 aliphatic carbocycles. The lowest BCUT2D eigenvalue weighted by atomic mass is 9.87. The fraction of sp³-hybridized carbons (Fsp3) is 0.174. The normalized spacial score (nSPS) is 11.4. The van der Waals surface area contributed by atoms with Crippen molar-refractivity contribution in [2.75, 3.05) is 5.32 Å². The number of fused-ring (bicyclic) bond motifs is 1. The molecule has 0 aliphatic rings. The molecule has 152 valence electrons. The number of benzene rings is 2. The van der Waals surface area contributed by atoms with Gasteiger partial charge in [-0.1, -0.05) is 39.0 Å². The van der Waals surface area contributed by atoms with Gasteiger partial charge in [0.15, 0.2) is 11.5 Å². The van der Waals surface area contributed by atoms with Crippen LogP contribution in [0.1, 0.15) is 36.7 Å². The second-order valence-electron chi connectivity index (χ2n) is 7.98. The number of hydrogen-bond acceptors (Lipinski definition) is 5. The topological polar surface area (TPSA) is 88.8 Å². The zero-order valence-corrected chi connectivity index (χ0v) is 17.0. The number of carbonyl (C=O) groups excluding carboxylic acids is 1. The number of amides is 1. The van der Waals surface area contributed by atoms with Crippen LogP contribution in [0.5, 0.6) is 17.4 Å². The van der Waals surface area contributed by atoms with Crippen molar-refractivity contribution in [3.8, 4) is 17.4 Å². The maximum Gasteiger partial charge on any atom is 0.256 e. The zero-order valence-electron chi connectivity index (χ0n) is 17.0. The van der Waals surface area contributed by atoms with E-state index in [1.807, 2.05) is 24.3 Å². The van der Waals surface area contributed by atoms with Crippen LogP contribution in [0.3, 0.4) is 0 Å². The zero-order chi connectivity index (χ0) is 21.3. The summed E-state index contributed by atoms with van der Waals surface area (Å²) in [5.74, 6) is 1.06. The van der Waals surface area contributed by atoms with E-state index in [1.165, 1.54) is 10.6 Å². The first-order valence-electron chi connectivity index (χ1n) is 9.53. The third kappa shape index (κ3) is 4.25. The summed E-state index contributed by atoms with van der Waals surface area (Å²) in [6.45, 7) is 6.39. The first-order chi connectivity index (χ1) is 14.3. The van der Waals surface area contributed by atoms with Crippen molar-refractivity contribution in [3.05, 3.63) is 78.0 Å². The summed E-state index contributed by atoms with van der Waals surface area (Å²) in [6, 6.07) is 17.4. The van der Waals surface area contributed by atoms with Gasteiger partial charge in [0.05, 0.1) is 6.20 Å². The van der Waals surface area contributed by atoms with Crippen molar-refractivity contribution in [1.29, 1.82) is 0 Å². The molecule has 0 fully saturated rings. The Labute approximate surface area is 174 Å². The molecule has 0 unspecified atom stereocenters. The minimum atomic E-state index is -0.241. The van der Waals surface area contributed by atoms with E-state index in [9.17, 15) is 9.90 Å². The lowest BCUT2D eigenvalue weighted by Crippen LogP contribution is -2.14. The van der Waals surface area contributed by atoms with E-state index in [0.717, 1.165) is 5.56 Å². The van der Waals surface area contributed by atoms with Gasteiger partial charge in [-0.2, -0.15) is 0 Å². The van der Waals surface area contributed by atoms with Gasteiger partial charge in [-0.15, -0.1) is 5.10 Å². The molecule has 0 atom stereocenters. The van der Waals surface area contributed by atoms with Crippen LogP contribution >= 0.6 is 0 Å². The highest BCUT2D eigenvalue weighted by Gasteiger charge is 2.15. The van der Waals surface area contributed by atoms with Crippen LogP contribution in [0.2, 0.25) is 0 Å². The Balaban J connectivity index is 1.50. The highest BCUT2D eigenvalue weighted by Crippen LogP contribution is 2.24. The summed E-state index contributed by atoms with van der Waals surface area (Å²) >= 11 is 0. The molecule has 2 N–H and O–H groups in total. The molecular weight excluding hydrogens is 380 g/mol. The van der Waals surface area contributed by atoms with Crippen LogP contribution < -0.4 is 10.1 Å². The molecule has 2 aromatic carbocycles. The standard InChI is InChI=1S/C23H22N4O3/c1-23(2,3)16-9-7-15(8-10-16)22(29)25-19-14-27-20(24-19)11-12-21(26-27)30-18-6-4-5-17(28)13-18/h4-14,28H,1-3H3,(H,25,29). The summed E-state index contributed by atoms with van der Waals surface area (Å²) in [5.41, 5.74) is 2.31. The Kier molecular flexibility index (Phi) is 4.87. The predicted molar refractivity (Wildman–Crippen MR) is 114 cm³/mol. The number of imidazole rings is 1. The van der Waals surface area contributed by atoms with Crippen LogP contribution in [0.15, 0.2) is 66.9 Å². The van der Waals surface area contributed by atoms with E-state index in [0.29, 0.717) is 28.7 Å². The summed E-state index contributed by atoms with van der Waals surface area (Å²) in [7, 11) is 0. The number of ether oxygens (including phenoxy) is 1. The van der Waals surface area contributed by atoms with Gasteiger partial charge in [-0.05, 0) is 41.3 Å². The van der Waals surface area contributed by atoms with Gasteiger partial charge in [-0.25, -0.2) is 9.50 Å². The molecule has 0 saturated heterocycles. The Hall–Kier alpha value is -3.87. The molecule has 2 aromatic heterocycles. The number of aromatic hydroxyl groups is 1. The molecular formula is C23H22N4O3. The largest absolute Gasteiger partial charge is 0.508 e. The predicted octanol–water partition coefficient (Wildman–Crippen LogP) is 4.78. The second-order valence-corrected chi connectivity index (χ2v) is 7.98. The average molecular weight is 402 g/mol. The van der Waals surface area contributed by atoms with Crippen LogP contribution in [0.25, 0.3) is 5.65 Å². The molecule has 0 radical (unpaired) electrons. The summed E-state index contributed by atoms with van der Waals surface area (Å²) in [4.78, 5) is 16.9. The molecule has 2 heterocycles. The fourth-order valence-corrected chi connectivity index (χ4v) is 2.96. The lowest BCUT2D eigenvalue weighted by Gasteiger charge is -2.18. The van der Waals surface area contributed by atoms with Gasteiger partial charge in [0.2, 0.25) is 5.88 Å². The second kappa shape index (κ2) is 7.51. The molecule has 0 spiro atoms. The molecule has 30 heavy (non-hydrogen) atoms. The molecule has 7 nitrogen and oxygen atoms in total. The van der Waals surface area contributed by atoms with E-state index in [4.69, 9.17) is 4.74 Å². The summed E-state index contributed by atoms with van der Waals surface area (Å²) in [5, 5.41) is 16.7. The monoisotopic (exact) mass is 402 g/mol. The maximum atomic E-state index is 12.6. The Morgan fingerprint density at radius 2 is 1.83 bits per heavy atom. The van der Waals surface area contributed by atoms with Crippen LogP contribution in [-0.4, -0.2) is 25.6 Å². The Bertz CT molecular complexity index is 1210. The number of nitrogens with zero attached hydrogens (tertiary/aromatic N) is 3. The van der Waals surface area contributed by atoms with E-state index in [-0.39, 0.29) is 17.1 Å². The number of rotatable bonds is 4. The SMILES string of the molecule is CC(C)(C)c1ccc(C(=O)Nc2cn3nc(Oc4cccc(O)c4)ccc3n2)cc1. The number of anilines is 1. The third-order valence-corrected chi connectivity index (χ3v) is 4.59. The van der Waals surface area contributed by atoms with E-state index in [1.54, 1.807) is 36.5 Å². The molecule has 0 saturated carbocycles. The van der Waals surface area contributed by atoms with Gasteiger partial charge in [0.1, 0.15) is 11.5 Å². The molecule has 0 bridgehead atoms. The minimum absolute atomic E-state index is 0.0283. The van der Waals surface area contributed by atoms with Crippen molar-refractivity contribution in [2.45, 2.75) is 26.2 Å². The molecule has 7 heteroatoms. The average Bonchev–Trinajstić information content (AvgIpc) is 3.09.